The van der Waals surface area contributed by atoms with E-state index in [0.717, 1.165) is 29.0 Å². The Labute approximate surface area is 151 Å². The van der Waals surface area contributed by atoms with Crippen molar-refractivity contribution in [2.45, 2.75) is 18.6 Å². The molecule has 1 aliphatic rings. The Morgan fingerprint density at radius 3 is 2.92 bits per heavy atom. The predicted molar refractivity (Wildman–Crippen MR) is 97.6 cm³/mol. The van der Waals surface area contributed by atoms with Gasteiger partial charge in [0.2, 0.25) is 5.88 Å². The lowest BCUT2D eigenvalue weighted by molar-refractivity contribution is 0.0241. The number of β-amino-alcohol motifs (C(OH)–C–C–N with tert-alkyl or cyclic N) is 1. The molecule has 0 aliphatic carbocycles. The lowest BCUT2D eigenvalue weighted by Gasteiger charge is -2.36. The molecule has 0 amide bonds. The number of hydrogen-bond acceptors (Lipinski definition) is 7. The fourth-order valence-electron chi connectivity index (χ4n) is 3.16. The fraction of sp³-hybridized carbons (Fsp3) is 0.316. The molecule has 1 aromatic carbocycles. The van der Waals surface area contributed by atoms with Crippen molar-refractivity contribution in [3.05, 3.63) is 48.9 Å². The van der Waals surface area contributed by atoms with Crippen LogP contribution in [0.25, 0.3) is 10.9 Å². The minimum absolute atomic E-state index is 0.267. The Bertz CT molecular complexity index is 905. The number of aliphatic hydroxyl groups excluding tert-OH is 1. The summed E-state index contributed by atoms with van der Waals surface area (Å²) in [6.07, 6.45) is 3.02. The first-order chi connectivity index (χ1) is 12.7. The number of fused-ring (bicyclic) bond motifs is 1. The smallest absolute Gasteiger partial charge is 0.218 e. The molecular weight excluding hydrogens is 332 g/mol. The highest BCUT2D eigenvalue weighted by atomic mass is 16.5. The average Bonchev–Trinajstić information content (AvgIpc) is 2.69. The van der Waals surface area contributed by atoms with Gasteiger partial charge in [-0.1, -0.05) is 6.07 Å². The molecule has 134 valence electrons. The minimum atomic E-state index is -0.621. The molecule has 3 heterocycles. The molecule has 2 atom stereocenters. The molecule has 0 saturated carbocycles. The van der Waals surface area contributed by atoms with Crippen LogP contribution in [0, 0.1) is 0 Å². The summed E-state index contributed by atoms with van der Waals surface area (Å²) in [7, 11) is 1.57. The number of aliphatic hydroxyl groups is 1. The van der Waals surface area contributed by atoms with Crippen molar-refractivity contribution in [1.29, 1.82) is 0 Å². The van der Waals surface area contributed by atoms with Gasteiger partial charge in [0.1, 0.15) is 30.1 Å². The van der Waals surface area contributed by atoms with E-state index in [1.54, 1.807) is 19.4 Å². The van der Waals surface area contributed by atoms with Crippen molar-refractivity contribution in [3.63, 3.8) is 0 Å². The van der Waals surface area contributed by atoms with Crippen LogP contribution in [0.5, 0.6) is 11.6 Å². The van der Waals surface area contributed by atoms with E-state index < -0.39 is 6.10 Å². The van der Waals surface area contributed by atoms with Crippen molar-refractivity contribution in [3.8, 4) is 11.6 Å². The zero-order chi connectivity index (χ0) is 17.9. The molecule has 1 aliphatic heterocycles. The van der Waals surface area contributed by atoms with Gasteiger partial charge in [-0.05, 0) is 18.2 Å². The zero-order valence-electron chi connectivity index (χ0n) is 14.4. The first-order valence-corrected chi connectivity index (χ1v) is 8.53. The summed E-state index contributed by atoms with van der Waals surface area (Å²) in [6, 6.07) is 11.5. The SMILES string of the molecule is COc1cc(N2CC[C@@H](Oc3ccc4cccnc4c3)[C@H](O)C2)ncn1. The maximum Gasteiger partial charge on any atom is 0.218 e. The van der Waals surface area contributed by atoms with E-state index in [2.05, 4.69) is 15.0 Å². The standard InChI is InChI=1S/C19H20N4O3/c1-25-19-10-18(21-12-22-19)23-8-6-17(16(24)11-23)26-14-5-4-13-3-2-7-20-15(13)9-14/h2-5,7,9-10,12,16-17,24H,6,8,11H2,1H3/t16-,17-/m1/s1. The van der Waals surface area contributed by atoms with Crippen LogP contribution in [0.1, 0.15) is 6.42 Å². The Kier molecular flexibility index (Phi) is 4.53. The third-order valence-corrected chi connectivity index (χ3v) is 4.55. The third kappa shape index (κ3) is 3.39. The predicted octanol–water partition coefficient (Wildman–Crippen LogP) is 2.05. The van der Waals surface area contributed by atoms with E-state index in [-0.39, 0.29) is 6.10 Å². The van der Waals surface area contributed by atoms with Crippen LogP contribution in [-0.2, 0) is 0 Å². The number of aromatic nitrogens is 3. The van der Waals surface area contributed by atoms with Gasteiger partial charge in [0.05, 0.1) is 12.6 Å². The summed E-state index contributed by atoms with van der Waals surface area (Å²) < 4.78 is 11.2. The van der Waals surface area contributed by atoms with Crippen molar-refractivity contribution in [1.82, 2.24) is 15.0 Å². The second kappa shape index (κ2) is 7.13. The fourth-order valence-corrected chi connectivity index (χ4v) is 3.16. The van der Waals surface area contributed by atoms with E-state index >= 15 is 0 Å². The van der Waals surface area contributed by atoms with Crippen LogP contribution in [0.15, 0.2) is 48.9 Å². The minimum Gasteiger partial charge on any atom is -0.488 e. The summed E-state index contributed by atoms with van der Waals surface area (Å²) in [5.41, 5.74) is 0.880. The molecule has 1 fully saturated rings. The number of nitrogens with zero attached hydrogens (tertiary/aromatic N) is 4. The number of hydrogen-bond donors (Lipinski definition) is 1. The van der Waals surface area contributed by atoms with Crippen LogP contribution in [0.2, 0.25) is 0 Å². The summed E-state index contributed by atoms with van der Waals surface area (Å²) in [4.78, 5) is 14.6. The van der Waals surface area contributed by atoms with E-state index in [4.69, 9.17) is 9.47 Å². The van der Waals surface area contributed by atoms with Gasteiger partial charge in [-0.15, -0.1) is 0 Å². The van der Waals surface area contributed by atoms with Crippen LogP contribution in [-0.4, -0.2) is 52.5 Å². The number of pyridine rings is 1. The topological polar surface area (TPSA) is 80.6 Å². The van der Waals surface area contributed by atoms with E-state index in [1.165, 1.54) is 6.33 Å². The van der Waals surface area contributed by atoms with E-state index in [1.807, 2.05) is 35.2 Å². The Morgan fingerprint density at radius 2 is 2.08 bits per heavy atom. The van der Waals surface area contributed by atoms with E-state index in [0.29, 0.717) is 18.8 Å². The molecule has 0 bridgehead atoms. The molecule has 4 rings (SSSR count). The third-order valence-electron chi connectivity index (χ3n) is 4.55. The number of rotatable bonds is 4. The van der Waals surface area contributed by atoms with E-state index in [9.17, 15) is 5.11 Å². The number of ether oxygens (including phenoxy) is 2. The first-order valence-electron chi connectivity index (χ1n) is 8.53. The van der Waals surface area contributed by atoms with Crippen LogP contribution < -0.4 is 14.4 Å². The summed E-state index contributed by atoms with van der Waals surface area (Å²) in [6.45, 7) is 1.17. The highest BCUT2D eigenvalue weighted by molar-refractivity contribution is 5.79. The Hall–Kier alpha value is -2.93. The van der Waals surface area contributed by atoms with Crippen molar-refractivity contribution in [2.75, 3.05) is 25.1 Å². The van der Waals surface area contributed by atoms with Crippen molar-refractivity contribution < 1.29 is 14.6 Å². The molecule has 26 heavy (non-hydrogen) atoms. The largest absolute Gasteiger partial charge is 0.488 e. The number of piperidine rings is 1. The van der Waals surface area contributed by atoms with Crippen molar-refractivity contribution >= 4 is 16.7 Å². The maximum absolute atomic E-state index is 10.5. The average molecular weight is 352 g/mol. The molecule has 1 saturated heterocycles. The molecule has 7 nitrogen and oxygen atoms in total. The molecule has 0 unspecified atom stereocenters. The summed E-state index contributed by atoms with van der Waals surface area (Å²) >= 11 is 0. The lowest BCUT2D eigenvalue weighted by atomic mass is 10.0. The highest BCUT2D eigenvalue weighted by Crippen LogP contribution is 2.25. The van der Waals surface area contributed by atoms with Crippen LogP contribution in [0.3, 0.4) is 0 Å². The van der Waals surface area contributed by atoms with Crippen molar-refractivity contribution in [2.24, 2.45) is 0 Å². The molecule has 2 aromatic heterocycles. The second-order valence-corrected chi connectivity index (χ2v) is 6.23. The molecular formula is C19H20N4O3. The van der Waals surface area contributed by atoms with Gasteiger partial charge in [-0.25, -0.2) is 9.97 Å². The van der Waals surface area contributed by atoms with Gasteiger partial charge in [-0.3, -0.25) is 4.98 Å². The summed E-state index contributed by atoms with van der Waals surface area (Å²) in [5, 5.41) is 11.6. The molecule has 0 spiro atoms. The lowest BCUT2D eigenvalue weighted by Crippen LogP contribution is -2.49. The summed E-state index contributed by atoms with van der Waals surface area (Å²) in [5.74, 6) is 1.97. The highest BCUT2D eigenvalue weighted by Gasteiger charge is 2.30. The normalized spacial score (nSPS) is 20.2. The molecule has 0 radical (unpaired) electrons. The Balaban J connectivity index is 1.44. The number of benzene rings is 1. The van der Waals surface area contributed by atoms with Crippen LogP contribution in [0.4, 0.5) is 5.82 Å². The quantitative estimate of drug-likeness (QED) is 0.770. The Morgan fingerprint density at radius 1 is 1.15 bits per heavy atom. The second-order valence-electron chi connectivity index (χ2n) is 6.23. The zero-order valence-corrected chi connectivity index (χ0v) is 14.4. The van der Waals surface area contributed by atoms with Gasteiger partial charge in [-0.2, -0.15) is 0 Å². The molecule has 1 N–H and O–H groups in total. The van der Waals surface area contributed by atoms with Gasteiger partial charge in [0, 0.05) is 43.2 Å². The monoisotopic (exact) mass is 352 g/mol. The van der Waals surface area contributed by atoms with Gasteiger partial charge < -0.3 is 19.5 Å². The number of anilines is 1. The molecule has 3 aromatic rings. The maximum atomic E-state index is 10.5. The van der Waals surface area contributed by atoms with Gasteiger partial charge >= 0.3 is 0 Å². The first kappa shape index (κ1) is 16.5. The van der Waals surface area contributed by atoms with Gasteiger partial charge in [0.25, 0.3) is 0 Å². The van der Waals surface area contributed by atoms with Crippen LogP contribution >= 0.6 is 0 Å². The van der Waals surface area contributed by atoms with Gasteiger partial charge in [0.15, 0.2) is 0 Å². The number of methoxy groups -OCH3 is 1. The molecule has 7 heteroatoms.